The Kier molecular flexibility index (Phi) is 4.49. The number of hydrogen-bond acceptors (Lipinski definition) is 6. The van der Waals surface area contributed by atoms with Crippen molar-refractivity contribution >= 4 is 5.97 Å². The highest BCUT2D eigenvalue weighted by Gasteiger charge is 2.27. The molecule has 0 amide bonds. The fourth-order valence-corrected chi connectivity index (χ4v) is 2.18. The van der Waals surface area contributed by atoms with Crippen LogP contribution in [-0.4, -0.2) is 64.7 Å². The summed E-state index contributed by atoms with van der Waals surface area (Å²) < 4.78 is 5.18. The summed E-state index contributed by atoms with van der Waals surface area (Å²) in [6, 6.07) is 0.149. The summed E-state index contributed by atoms with van der Waals surface area (Å²) in [5.74, 6) is 0.422. The van der Waals surface area contributed by atoms with Crippen molar-refractivity contribution in [3.8, 4) is 0 Å². The van der Waals surface area contributed by atoms with Crippen molar-refractivity contribution in [2.45, 2.75) is 25.3 Å². The number of nitrogens with zero attached hydrogens (tertiary/aromatic N) is 4. The largest absolute Gasteiger partial charge is 0.481 e. The lowest BCUT2D eigenvalue weighted by Crippen LogP contribution is -2.45. The Balaban J connectivity index is 1.94. The van der Waals surface area contributed by atoms with Crippen LogP contribution in [-0.2, 0) is 11.2 Å². The molecule has 2 rings (SSSR count). The van der Waals surface area contributed by atoms with Gasteiger partial charge in [-0.2, -0.15) is 4.98 Å². The fourth-order valence-electron chi connectivity index (χ4n) is 2.18. The maximum atomic E-state index is 10.4. The molecule has 19 heavy (non-hydrogen) atoms. The lowest BCUT2D eigenvalue weighted by Gasteiger charge is -2.35. The van der Waals surface area contributed by atoms with Gasteiger partial charge >= 0.3 is 5.97 Å². The van der Waals surface area contributed by atoms with Gasteiger partial charge in [-0.25, -0.2) is 0 Å². The van der Waals surface area contributed by atoms with Crippen LogP contribution in [0.5, 0.6) is 0 Å². The van der Waals surface area contributed by atoms with E-state index in [1.807, 2.05) is 0 Å². The summed E-state index contributed by atoms with van der Waals surface area (Å²) in [6.07, 6.45) is 1.17. The molecule has 2 heterocycles. The Morgan fingerprint density at radius 1 is 1.47 bits per heavy atom. The second-order valence-electron chi connectivity index (χ2n) is 5.05. The number of aryl methyl sites for hydroxylation is 1. The van der Waals surface area contributed by atoms with E-state index in [4.69, 9.17) is 9.63 Å². The molecule has 1 unspecified atom stereocenters. The van der Waals surface area contributed by atoms with E-state index in [1.165, 1.54) is 0 Å². The summed E-state index contributed by atoms with van der Waals surface area (Å²) in [5, 5.41) is 12.6. The van der Waals surface area contributed by atoms with Crippen molar-refractivity contribution in [1.29, 1.82) is 0 Å². The third-order valence-electron chi connectivity index (χ3n) is 3.41. The van der Waals surface area contributed by atoms with Gasteiger partial charge in [-0.3, -0.25) is 9.69 Å². The van der Waals surface area contributed by atoms with E-state index in [1.54, 1.807) is 0 Å². The van der Waals surface area contributed by atoms with Crippen molar-refractivity contribution in [1.82, 2.24) is 19.9 Å². The summed E-state index contributed by atoms with van der Waals surface area (Å²) in [7, 11) is 4.13. The smallest absolute Gasteiger partial charge is 0.303 e. The standard InChI is InChI=1S/C12H20N4O3/c1-15-6-7-16(2)9(8-15)12-13-10(19-14-12)4-3-5-11(17)18/h9H,3-8H2,1-2H3,(H,17,18). The Morgan fingerprint density at radius 3 is 3.00 bits per heavy atom. The number of likely N-dealkylation sites (N-methyl/N-ethyl adjacent to an activating group) is 2. The number of rotatable bonds is 5. The molecule has 1 aliphatic heterocycles. The lowest BCUT2D eigenvalue weighted by molar-refractivity contribution is -0.137. The molecule has 1 aromatic heterocycles. The van der Waals surface area contributed by atoms with Gasteiger partial charge < -0.3 is 14.5 Å². The number of aliphatic carboxylic acids is 1. The van der Waals surface area contributed by atoms with Gasteiger partial charge in [0.25, 0.3) is 0 Å². The van der Waals surface area contributed by atoms with Crippen molar-refractivity contribution in [3.63, 3.8) is 0 Å². The number of carboxylic acid groups (broad SMARTS) is 1. The first-order valence-corrected chi connectivity index (χ1v) is 6.49. The number of piperazine rings is 1. The molecule has 7 heteroatoms. The summed E-state index contributed by atoms with van der Waals surface area (Å²) >= 11 is 0. The molecule has 1 fully saturated rings. The highest BCUT2D eigenvalue weighted by atomic mass is 16.5. The first kappa shape index (κ1) is 14.0. The SMILES string of the molecule is CN1CCN(C)C(c2noc(CCCC(=O)O)n2)C1. The third-order valence-corrected chi connectivity index (χ3v) is 3.41. The first-order chi connectivity index (χ1) is 9.06. The molecule has 0 bridgehead atoms. The minimum atomic E-state index is -0.798. The Bertz CT molecular complexity index is 434. The molecule has 0 aliphatic carbocycles. The second-order valence-corrected chi connectivity index (χ2v) is 5.05. The molecule has 1 aromatic rings. The van der Waals surface area contributed by atoms with Crippen LogP contribution in [0, 0.1) is 0 Å². The zero-order chi connectivity index (χ0) is 13.8. The predicted molar refractivity (Wildman–Crippen MR) is 67.7 cm³/mol. The fraction of sp³-hybridized carbons (Fsp3) is 0.750. The van der Waals surface area contributed by atoms with E-state index in [9.17, 15) is 4.79 Å². The van der Waals surface area contributed by atoms with Crippen LogP contribution in [0.4, 0.5) is 0 Å². The monoisotopic (exact) mass is 268 g/mol. The topological polar surface area (TPSA) is 82.7 Å². The molecule has 1 saturated heterocycles. The molecule has 106 valence electrons. The van der Waals surface area contributed by atoms with Crippen molar-refractivity contribution in [2.75, 3.05) is 33.7 Å². The Morgan fingerprint density at radius 2 is 2.26 bits per heavy atom. The van der Waals surface area contributed by atoms with Crippen molar-refractivity contribution in [3.05, 3.63) is 11.7 Å². The molecular weight excluding hydrogens is 248 g/mol. The quantitative estimate of drug-likeness (QED) is 0.827. The van der Waals surface area contributed by atoms with Crippen LogP contribution in [0.2, 0.25) is 0 Å². The first-order valence-electron chi connectivity index (χ1n) is 6.49. The second kappa shape index (κ2) is 6.12. The van der Waals surface area contributed by atoms with Crippen LogP contribution in [0.15, 0.2) is 4.52 Å². The van der Waals surface area contributed by atoms with Crippen molar-refractivity contribution < 1.29 is 14.4 Å². The molecule has 0 saturated carbocycles. The van der Waals surface area contributed by atoms with E-state index in [-0.39, 0.29) is 12.5 Å². The molecule has 0 aromatic carbocycles. The summed E-state index contributed by atoms with van der Waals surface area (Å²) in [4.78, 5) is 19.3. The third kappa shape index (κ3) is 3.74. The molecular formula is C12H20N4O3. The maximum absolute atomic E-state index is 10.4. The Hall–Kier alpha value is -1.47. The van der Waals surface area contributed by atoms with E-state index in [0.29, 0.717) is 24.6 Å². The summed E-state index contributed by atoms with van der Waals surface area (Å²) in [6.45, 7) is 2.89. The van der Waals surface area contributed by atoms with Gasteiger partial charge in [-0.05, 0) is 20.5 Å². The van der Waals surface area contributed by atoms with E-state index in [2.05, 4.69) is 34.0 Å². The van der Waals surface area contributed by atoms with Crippen molar-refractivity contribution in [2.24, 2.45) is 0 Å². The molecule has 1 aliphatic rings. The molecule has 0 spiro atoms. The highest BCUT2D eigenvalue weighted by molar-refractivity contribution is 5.66. The molecule has 0 radical (unpaired) electrons. The minimum Gasteiger partial charge on any atom is -0.481 e. The maximum Gasteiger partial charge on any atom is 0.303 e. The van der Waals surface area contributed by atoms with E-state index < -0.39 is 5.97 Å². The lowest BCUT2D eigenvalue weighted by atomic mass is 10.2. The normalized spacial score (nSPS) is 21.7. The van der Waals surface area contributed by atoms with Gasteiger partial charge in [0.15, 0.2) is 5.82 Å². The zero-order valence-electron chi connectivity index (χ0n) is 11.4. The van der Waals surface area contributed by atoms with Crippen LogP contribution in [0.1, 0.15) is 30.6 Å². The number of carbonyl (C=O) groups is 1. The van der Waals surface area contributed by atoms with Gasteiger partial charge in [0.05, 0.1) is 6.04 Å². The number of aromatic nitrogens is 2. The number of hydrogen-bond donors (Lipinski definition) is 1. The zero-order valence-corrected chi connectivity index (χ0v) is 11.4. The van der Waals surface area contributed by atoms with Crippen LogP contribution in [0.25, 0.3) is 0 Å². The van der Waals surface area contributed by atoms with Gasteiger partial charge in [0.2, 0.25) is 5.89 Å². The molecule has 7 nitrogen and oxygen atoms in total. The van der Waals surface area contributed by atoms with Crippen LogP contribution in [0.3, 0.4) is 0 Å². The van der Waals surface area contributed by atoms with Gasteiger partial charge in [0.1, 0.15) is 0 Å². The highest BCUT2D eigenvalue weighted by Crippen LogP contribution is 2.21. The number of carboxylic acids is 1. The average Bonchev–Trinajstić information content (AvgIpc) is 2.80. The molecule has 1 atom stereocenters. The van der Waals surface area contributed by atoms with E-state index >= 15 is 0 Å². The van der Waals surface area contributed by atoms with Crippen LogP contribution >= 0.6 is 0 Å². The van der Waals surface area contributed by atoms with Gasteiger partial charge in [-0.15, -0.1) is 0 Å². The van der Waals surface area contributed by atoms with Gasteiger partial charge in [-0.1, -0.05) is 5.16 Å². The average molecular weight is 268 g/mol. The predicted octanol–water partition coefficient (Wildman–Crippen LogP) is 0.395. The Labute approximate surface area is 112 Å². The van der Waals surface area contributed by atoms with Crippen LogP contribution < -0.4 is 0 Å². The molecule has 1 N–H and O–H groups in total. The minimum absolute atomic E-state index is 0.129. The van der Waals surface area contributed by atoms with Gasteiger partial charge in [0, 0.05) is 32.5 Å². The summed E-state index contributed by atoms with van der Waals surface area (Å²) in [5.41, 5.74) is 0. The van der Waals surface area contributed by atoms with E-state index in [0.717, 1.165) is 19.6 Å².